The van der Waals surface area contributed by atoms with Crippen LogP contribution < -0.4 is 10.6 Å². The van der Waals surface area contributed by atoms with Gasteiger partial charge >= 0.3 is 0 Å². The van der Waals surface area contributed by atoms with Crippen LogP contribution in [-0.2, 0) is 11.3 Å². The fourth-order valence-corrected chi connectivity index (χ4v) is 2.11. The molecule has 0 bridgehead atoms. The topological polar surface area (TPSA) is 84.5 Å². The molecule has 6 nitrogen and oxygen atoms in total. The first-order valence-corrected chi connectivity index (χ1v) is 6.30. The third kappa shape index (κ3) is 3.08. The van der Waals surface area contributed by atoms with Crippen molar-refractivity contribution in [1.82, 2.24) is 9.97 Å². The van der Waals surface area contributed by atoms with Crippen molar-refractivity contribution in [3.05, 3.63) is 11.9 Å². The van der Waals surface area contributed by atoms with Crippen molar-refractivity contribution in [2.45, 2.75) is 20.0 Å². The number of nitrogen functional groups attached to an aromatic ring is 1. The van der Waals surface area contributed by atoms with Crippen molar-refractivity contribution in [2.24, 2.45) is 5.92 Å². The van der Waals surface area contributed by atoms with E-state index in [2.05, 4.69) is 14.9 Å². The van der Waals surface area contributed by atoms with Gasteiger partial charge in [-0.15, -0.1) is 0 Å². The molecule has 1 unspecified atom stereocenters. The van der Waals surface area contributed by atoms with Crippen molar-refractivity contribution in [2.75, 3.05) is 36.9 Å². The van der Waals surface area contributed by atoms with Crippen molar-refractivity contribution < 1.29 is 9.84 Å². The van der Waals surface area contributed by atoms with Crippen LogP contribution in [-0.4, -0.2) is 41.4 Å². The van der Waals surface area contributed by atoms with Gasteiger partial charge in [0.25, 0.3) is 0 Å². The summed E-state index contributed by atoms with van der Waals surface area (Å²) < 4.78 is 5.30. The summed E-state index contributed by atoms with van der Waals surface area (Å²) in [6.07, 6.45) is 0.987. The highest BCUT2D eigenvalue weighted by molar-refractivity contribution is 5.47. The predicted molar refractivity (Wildman–Crippen MR) is 69.2 cm³/mol. The van der Waals surface area contributed by atoms with Gasteiger partial charge in [-0.3, -0.25) is 0 Å². The van der Waals surface area contributed by atoms with Gasteiger partial charge in [0, 0.05) is 38.3 Å². The molecule has 1 aromatic heterocycles. The summed E-state index contributed by atoms with van der Waals surface area (Å²) in [4.78, 5) is 10.7. The van der Waals surface area contributed by atoms with E-state index in [9.17, 15) is 0 Å². The summed E-state index contributed by atoms with van der Waals surface area (Å²) in [5, 5.41) is 9.15. The molecular formula is C12H20N4O2. The second-order valence-electron chi connectivity index (χ2n) is 4.49. The van der Waals surface area contributed by atoms with Crippen LogP contribution in [0.1, 0.15) is 19.2 Å². The summed E-state index contributed by atoms with van der Waals surface area (Å²) in [6, 6.07) is 1.77. The van der Waals surface area contributed by atoms with Gasteiger partial charge in [0.15, 0.2) is 5.82 Å². The molecule has 0 saturated carbocycles. The average molecular weight is 252 g/mol. The molecule has 1 saturated heterocycles. The van der Waals surface area contributed by atoms with Crippen LogP contribution in [0, 0.1) is 5.92 Å². The van der Waals surface area contributed by atoms with Crippen LogP contribution in [0.2, 0.25) is 0 Å². The molecule has 1 aliphatic heterocycles. The van der Waals surface area contributed by atoms with Gasteiger partial charge in [0.1, 0.15) is 18.2 Å². The Morgan fingerprint density at radius 3 is 3.06 bits per heavy atom. The van der Waals surface area contributed by atoms with Crippen LogP contribution >= 0.6 is 0 Å². The zero-order valence-corrected chi connectivity index (χ0v) is 10.7. The molecule has 18 heavy (non-hydrogen) atoms. The van der Waals surface area contributed by atoms with Crippen LogP contribution in [0.25, 0.3) is 0 Å². The van der Waals surface area contributed by atoms with E-state index in [1.54, 1.807) is 6.07 Å². The van der Waals surface area contributed by atoms with Crippen molar-refractivity contribution in [1.29, 1.82) is 0 Å². The molecule has 1 fully saturated rings. The first-order chi connectivity index (χ1) is 8.72. The number of ether oxygens (including phenoxy) is 1. The fraction of sp³-hybridized carbons (Fsp3) is 0.667. The Balaban J connectivity index is 2.10. The zero-order chi connectivity index (χ0) is 13.0. The highest BCUT2D eigenvalue weighted by Crippen LogP contribution is 2.23. The normalized spacial score (nSPS) is 19.4. The third-order valence-corrected chi connectivity index (χ3v) is 3.08. The molecule has 1 atom stereocenters. The summed E-state index contributed by atoms with van der Waals surface area (Å²) in [5.74, 6) is 2.23. The number of rotatable bonds is 5. The van der Waals surface area contributed by atoms with Crippen molar-refractivity contribution in [3.63, 3.8) is 0 Å². The molecule has 1 aliphatic rings. The van der Waals surface area contributed by atoms with Gasteiger partial charge in [-0.25, -0.2) is 9.97 Å². The maximum Gasteiger partial charge on any atom is 0.158 e. The van der Waals surface area contributed by atoms with Crippen molar-refractivity contribution in [3.8, 4) is 0 Å². The highest BCUT2D eigenvalue weighted by Gasteiger charge is 2.23. The Kier molecular flexibility index (Phi) is 4.33. The molecule has 3 N–H and O–H groups in total. The van der Waals surface area contributed by atoms with E-state index >= 15 is 0 Å². The smallest absolute Gasteiger partial charge is 0.158 e. The predicted octanol–water partition coefficient (Wildman–Crippen LogP) is 0.414. The van der Waals surface area contributed by atoms with Crippen molar-refractivity contribution >= 4 is 11.6 Å². The Bertz CT molecular complexity index is 400. The molecule has 1 aromatic rings. The number of nitrogens with zero attached hydrogens (tertiary/aromatic N) is 3. The molecule has 0 aromatic carbocycles. The number of hydrogen-bond acceptors (Lipinski definition) is 6. The van der Waals surface area contributed by atoms with E-state index < -0.39 is 0 Å². The zero-order valence-electron chi connectivity index (χ0n) is 10.7. The van der Waals surface area contributed by atoms with Gasteiger partial charge in [-0.1, -0.05) is 0 Å². The Morgan fingerprint density at radius 1 is 1.56 bits per heavy atom. The second kappa shape index (κ2) is 5.97. The Hall–Kier alpha value is -1.40. The lowest BCUT2D eigenvalue weighted by Crippen LogP contribution is -2.22. The van der Waals surface area contributed by atoms with E-state index in [0.717, 1.165) is 25.3 Å². The minimum atomic E-state index is 0.225. The molecule has 100 valence electrons. The van der Waals surface area contributed by atoms with E-state index in [-0.39, 0.29) is 6.61 Å². The van der Waals surface area contributed by atoms with Crippen LogP contribution in [0.4, 0.5) is 11.6 Å². The molecule has 0 radical (unpaired) electrons. The minimum Gasteiger partial charge on any atom is -0.396 e. The third-order valence-electron chi connectivity index (χ3n) is 3.08. The molecule has 0 amide bonds. The number of aliphatic hydroxyl groups is 1. The Morgan fingerprint density at radius 2 is 2.39 bits per heavy atom. The molecule has 6 heteroatoms. The highest BCUT2D eigenvalue weighted by atomic mass is 16.5. The van der Waals surface area contributed by atoms with E-state index in [0.29, 0.717) is 30.8 Å². The van der Waals surface area contributed by atoms with Gasteiger partial charge in [-0.05, 0) is 13.3 Å². The molecule has 0 spiro atoms. The number of aliphatic hydroxyl groups excluding tert-OH is 1. The van der Waals surface area contributed by atoms with Crippen LogP contribution in [0.15, 0.2) is 6.07 Å². The lowest BCUT2D eigenvalue weighted by Gasteiger charge is -2.18. The van der Waals surface area contributed by atoms with Gasteiger partial charge < -0.3 is 20.5 Å². The average Bonchev–Trinajstić information content (AvgIpc) is 2.84. The van der Waals surface area contributed by atoms with E-state index in [1.807, 2.05) is 6.92 Å². The monoisotopic (exact) mass is 252 g/mol. The van der Waals surface area contributed by atoms with Crippen LogP contribution in [0.3, 0.4) is 0 Å². The fourth-order valence-electron chi connectivity index (χ4n) is 2.11. The summed E-state index contributed by atoms with van der Waals surface area (Å²) >= 11 is 0. The standard InChI is InChI=1S/C12H20N4O2/c1-2-18-8-11-14-10(13)5-12(15-11)16-4-3-9(6-16)7-17/h5,9,17H,2-4,6-8H2,1H3,(H2,13,14,15). The lowest BCUT2D eigenvalue weighted by atomic mass is 10.1. The van der Waals surface area contributed by atoms with Gasteiger partial charge in [-0.2, -0.15) is 0 Å². The summed E-state index contributed by atoms with van der Waals surface area (Å²) in [7, 11) is 0. The number of aromatic nitrogens is 2. The second-order valence-corrected chi connectivity index (χ2v) is 4.49. The first kappa shape index (κ1) is 13.0. The molecule has 2 rings (SSSR count). The Labute approximate surface area is 107 Å². The maximum absolute atomic E-state index is 9.15. The first-order valence-electron chi connectivity index (χ1n) is 6.30. The minimum absolute atomic E-state index is 0.225. The molecule has 0 aliphatic carbocycles. The number of hydrogen-bond donors (Lipinski definition) is 2. The van der Waals surface area contributed by atoms with E-state index in [4.69, 9.17) is 15.6 Å². The molecule has 2 heterocycles. The number of anilines is 2. The summed E-state index contributed by atoms with van der Waals surface area (Å²) in [5.41, 5.74) is 5.78. The largest absolute Gasteiger partial charge is 0.396 e. The van der Waals surface area contributed by atoms with Crippen LogP contribution in [0.5, 0.6) is 0 Å². The SMILES string of the molecule is CCOCc1nc(N)cc(N2CCC(CO)C2)n1. The number of nitrogens with two attached hydrogens (primary N) is 1. The summed E-state index contributed by atoms with van der Waals surface area (Å²) in [6.45, 7) is 4.88. The van der Waals surface area contributed by atoms with E-state index in [1.165, 1.54) is 0 Å². The van der Waals surface area contributed by atoms with Gasteiger partial charge in [0.05, 0.1) is 0 Å². The quantitative estimate of drug-likeness (QED) is 0.789. The lowest BCUT2D eigenvalue weighted by molar-refractivity contribution is 0.128. The maximum atomic E-state index is 9.15. The van der Waals surface area contributed by atoms with Gasteiger partial charge in [0.2, 0.25) is 0 Å². The molecular weight excluding hydrogens is 232 g/mol.